The zero-order chi connectivity index (χ0) is 21.6. The summed E-state index contributed by atoms with van der Waals surface area (Å²) < 4.78 is 4.86. The van der Waals surface area contributed by atoms with Gasteiger partial charge in [0.2, 0.25) is 5.90 Å². The first-order valence-corrected chi connectivity index (χ1v) is 9.12. The molecule has 1 aromatic carbocycles. The molecule has 156 valence electrons. The number of urea groups is 1. The number of methoxy groups -OCH3 is 1. The summed E-state index contributed by atoms with van der Waals surface area (Å²) in [7, 11) is 1.31. The first kappa shape index (κ1) is 22.1. The summed E-state index contributed by atoms with van der Waals surface area (Å²) in [6, 6.07) is 9.30. The summed E-state index contributed by atoms with van der Waals surface area (Å²) in [4.78, 5) is 16.7. The number of benzene rings is 1. The second-order valence-corrected chi connectivity index (χ2v) is 6.83. The molecule has 2 atom stereocenters. The number of hydrogen-bond acceptors (Lipinski definition) is 7. The van der Waals surface area contributed by atoms with Gasteiger partial charge in [-0.05, 0) is 11.5 Å². The van der Waals surface area contributed by atoms with Crippen LogP contribution in [0.25, 0.3) is 0 Å². The lowest BCUT2D eigenvalue weighted by atomic mass is 9.94. The molecule has 9 heteroatoms. The topological polar surface area (TPSA) is 154 Å². The minimum atomic E-state index is -0.807. The van der Waals surface area contributed by atoms with Crippen molar-refractivity contribution in [1.82, 2.24) is 10.3 Å². The number of hydrogen-bond donors (Lipinski definition) is 6. The molecule has 0 spiro atoms. The number of nitrogens with one attached hydrogen (secondary N) is 3. The van der Waals surface area contributed by atoms with Crippen LogP contribution in [0, 0.1) is 11.3 Å². The van der Waals surface area contributed by atoms with Gasteiger partial charge in [0, 0.05) is 11.8 Å². The van der Waals surface area contributed by atoms with Crippen molar-refractivity contribution in [2.75, 3.05) is 18.2 Å². The number of rotatable bonds is 7. The highest BCUT2D eigenvalue weighted by molar-refractivity contribution is 5.99. The van der Waals surface area contributed by atoms with Gasteiger partial charge in [-0.15, -0.1) is 0 Å². The van der Waals surface area contributed by atoms with Crippen molar-refractivity contribution < 1.29 is 19.7 Å². The van der Waals surface area contributed by atoms with E-state index in [-0.39, 0.29) is 34.6 Å². The maximum Gasteiger partial charge on any atom is 0.320 e. The zero-order valence-electron chi connectivity index (χ0n) is 16.6. The van der Waals surface area contributed by atoms with Crippen LogP contribution in [0.4, 0.5) is 16.3 Å². The predicted molar refractivity (Wildman–Crippen MR) is 111 cm³/mol. The van der Waals surface area contributed by atoms with Gasteiger partial charge >= 0.3 is 6.03 Å². The lowest BCUT2D eigenvalue weighted by Crippen LogP contribution is -2.41. The maximum atomic E-state index is 12.6. The summed E-state index contributed by atoms with van der Waals surface area (Å²) in [5.41, 5.74) is 7.11. The molecule has 7 N–H and O–H groups in total. The van der Waals surface area contributed by atoms with Crippen molar-refractivity contribution in [2.45, 2.75) is 32.6 Å². The van der Waals surface area contributed by atoms with Crippen molar-refractivity contribution in [3.8, 4) is 0 Å². The number of aromatic nitrogens is 1. The zero-order valence-corrected chi connectivity index (χ0v) is 16.6. The summed E-state index contributed by atoms with van der Waals surface area (Å²) in [6.45, 7) is 3.24. The molecule has 0 radical (unpaired) electrons. The Labute approximate surface area is 169 Å². The monoisotopic (exact) mass is 401 g/mol. The molecular weight excluding hydrogens is 374 g/mol. The average molecular weight is 401 g/mol. The van der Waals surface area contributed by atoms with Gasteiger partial charge in [-0.2, -0.15) is 0 Å². The van der Waals surface area contributed by atoms with E-state index in [0.29, 0.717) is 0 Å². The van der Waals surface area contributed by atoms with Gasteiger partial charge in [-0.25, -0.2) is 9.78 Å². The standard InChI is InChI=1S/C20H27N5O4/c1-11(2)18(27)17(12-7-5-4-6-8-12)25-20(28)24-15-9-13(21)16(19(22)29-3)14(10-26)23-15/h4-9,11,17-18,22,26-27H,10H2,1-3H3,(H4,21,23,24,25,28)/t17-,18+/m1/s1. The molecule has 2 amide bonds. The Kier molecular flexibility index (Phi) is 7.52. The minimum absolute atomic E-state index is 0.0883. The van der Waals surface area contributed by atoms with Crippen LogP contribution in [0.2, 0.25) is 0 Å². The van der Waals surface area contributed by atoms with Gasteiger partial charge in [0.1, 0.15) is 5.82 Å². The fourth-order valence-corrected chi connectivity index (χ4v) is 2.87. The Bertz CT molecular complexity index is 857. The maximum absolute atomic E-state index is 12.6. The Morgan fingerprint density at radius 1 is 1.31 bits per heavy atom. The van der Waals surface area contributed by atoms with E-state index < -0.39 is 24.8 Å². The number of amides is 2. The van der Waals surface area contributed by atoms with Crippen molar-refractivity contribution >= 4 is 23.4 Å². The van der Waals surface area contributed by atoms with E-state index in [4.69, 9.17) is 15.9 Å². The van der Waals surface area contributed by atoms with Crippen molar-refractivity contribution in [3.63, 3.8) is 0 Å². The molecule has 29 heavy (non-hydrogen) atoms. The molecule has 0 unspecified atom stereocenters. The molecule has 0 saturated carbocycles. The van der Waals surface area contributed by atoms with Crippen LogP contribution in [0.15, 0.2) is 36.4 Å². The molecule has 1 heterocycles. The first-order valence-electron chi connectivity index (χ1n) is 9.12. The second kappa shape index (κ2) is 9.85. The lowest BCUT2D eigenvalue weighted by molar-refractivity contribution is 0.0870. The molecule has 2 aromatic rings. The SMILES string of the molecule is COC(=N)c1c(N)cc(NC(=O)N[C@H](c2ccccc2)[C@@H](O)C(C)C)nc1CO. The number of carbonyl (C=O) groups is 1. The molecule has 9 nitrogen and oxygen atoms in total. The van der Waals surface area contributed by atoms with E-state index in [2.05, 4.69) is 15.6 Å². The van der Waals surface area contributed by atoms with Gasteiger partial charge in [0.25, 0.3) is 0 Å². The second-order valence-electron chi connectivity index (χ2n) is 6.83. The van der Waals surface area contributed by atoms with E-state index in [0.717, 1.165) is 5.56 Å². The predicted octanol–water partition coefficient (Wildman–Crippen LogP) is 2.01. The lowest BCUT2D eigenvalue weighted by Gasteiger charge is -2.27. The fourth-order valence-electron chi connectivity index (χ4n) is 2.87. The highest BCUT2D eigenvalue weighted by atomic mass is 16.5. The smallest absolute Gasteiger partial charge is 0.320 e. The van der Waals surface area contributed by atoms with E-state index in [1.807, 2.05) is 44.2 Å². The Balaban J connectivity index is 2.24. The van der Waals surface area contributed by atoms with Crippen LogP contribution in [0.5, 0.6) is 0 Å². The van der Waals surface area contributed by atoms with Gasteiger partial charge in [-0.1, -0.05) is 44.2 Å². The number of pyridine rings is 1. The third-order valence-corrected chi connectivity index (χ3v) is 4.42. The third kappa shape index (κ3) is 5.43. The number of nitrogen functional groups attached to an aromatic ring is 1. The number of aliphatic hydroxyl groups excluding tert-OH is 2. The summed E-state index contributed by atoms with van der Waals surface area (Å²) in [6.07, 6.45) is -0.807. The van der Waals surface area contributed by atoms with E-state index in [1.165, 1.54) is 13.2 Å². The molecular formula is C20H27N5O4. The van der Waals surface area contributed by atoms with Crippen LogP contribution in [-0.4, -0.2) is 40.3 Å². The number of nitrogens with zero attached hydrogens (tertiary/aromatic N) is 1. The Morgan fingerprint density at radius 2 is 1.97 bits per heavy atom. The van der Waals surface area contributed by atoms with Crippen LogP contribution >= 0.6 is 0 Å². The summed E-state index contributed by atoms with van der Waals surface area (Å²) >= 11 is 0. The van der Waals surface area contributed by atoms with Crippen molar-refractivity contribution in [1.29, 1.82) is 5.41 Å². The number of ether oxygens (including phenoxy) is 1. The quantitative estimate of drug-likeness (QED) is 0.308. The molecule has 0 aliphatic carbocycles. The van der Waals surface area contributed by atoms with Crippen LogP contribution in [0.3, 0.4) is 0 Å². The van der Waals surface area contributed by atoms with E-state index in [9.17, 15) is 15.0 Å². The van der Waals surface area contributed by atoms with Gasteiger partial charge < -0.3 is 26.0 Å². The molecule has 0 saturated heterocycles. The molecule has 0 bridgehead atoms. The summed E-state index contributed by atoms with van der Waals surface area (Å²) in [5.74, 6) is -0.226. The molecule has 2 rings (SSSR count). The minimum Gasteiger partial charge on any atom is -0.481 e. The Morgan fingerprint density at radius 3 is 2.52 bits per heavy atom. The number of nitrogens with two attached hydrogens (primary N) is 1. The van der Waals surface area contributed by atoms with Crippen molar-refractivity contribution in [2.24, 2.45) is 5.92 Å². The molecule has 0 fully saturated rings. The fraction of sp³-hybridized carbons (Fsp3) is 0.350. The van der Waals surface area contributed by atoms with Gasteiger partial charge in [0.05, 0.1) is 37.1 Å². The number of carbonyl (C=O) groups excluding carboxylic acids is 1. The number of anilines is 2. The van der Waals surface area contributed by atoms with Gasteiger partial charge in [-0.3, -0.25) is 10.7 Å². The van der Waals surface area contributed by atoms with Crippen LogP contribution in [0.1, 0.15) is 36.7 Å². The molecule has 0 aliphatic heterocycles. The third-order valence-electron chi connectivity index (χ3n) is 4.42. The molecule has 0 aliphatic rings. The van der Waals surface area contributed by atoms with Gasteiger partial charge in [0.15, 0.2) is 0 Å². The average Bonchev–Trinajstić information content (AvgIpc) is 2.71. The number of aliphatic hydroxyl groups is 2. The highest BCUT2D eigenvalue weighted by Crippen LogP contribution is 2.23. The van der Waals surface area contributed by atoms with Crippen molar-refractivity contribution in [3.05, 3.63) is 53.2 Å². The highest BCUT2D eigenvalue weighted by Gasteiger charge is 2.26. The van der Waals surface area contributed by atoms with Crippen LogP contribution < -0.4 is 16.4 Å². The normalized spacial score (nSPS) is 12.9. The Hall–Kier alpha value is -3.17. The molecule has 1 aromatic heterocycles. The largest absolute Gasteiger partial charge is 0.481 e. The van der Waals surface area contributed by atoms with E-state index in [1.54, 1.807) is 0 Å². The summed E-state index contributed by atoms with van der Waals surface area (Å²) in [5, 5.41) is 33.2. The van der Waals surface area contributed by atoms with Crippen LogP contribution in [-0.2, 0) is 11.3 Å². The van der Waals surface area contributed by atoms with E-state index >= 15 is 0 Å². The first-order chi connectivity index (χ1) is 13.8.